The summed E-state index contributed by atoms with van der Waals surface area (Å²) in [6, 6.07) is 6.17. The number of benzene rings is 1. The van der Waals surface area contributed by atoms with E-state index in [-0.39, 0.29) is 11.3 Å². The van der Waals surface area contributed by atoms with E-state index in [1.54, 1.807) is 18.2 Å². The minimum Gasteiger partial charge on any atom is -0.289 e. The molecule has 0 N–H and O–H groups in total. The van der Waals surface area contributed by atoms with Crippen LogP contribution in [-0.2, 0) is 0 Å². The van der Waals surface area contributed by atoms with Gasteiger partial charge in [-0.05, 0) is 43.4 Å². The molecule has 1 aromatic rings. The molecule has 0 aromatic heterocycles. The minimum atomic E-state index is -0.422. The van der Waals surface area contributed by atoms with Crippen molar-refractivity contribution in [3.05, 3.63) is 47.3 Å². The van der Waals surface area contributed by atoms with E-state index in [0.29, 0.717) is 0 Å². The molecule has 0 saturated heterocycles. The van der Waals surface area contributed by atoms with E-state index in [1.165, 1.54) is 6.07 Å². The molecule has 0 saturated carbocycles. The van der Waals surface area contributed by atoms with Crippen LogP contribution in [0.15, 0.2) is 35.9 Å². The maximum absolute atomic E-state index is 13.3. The monoisotopic (exact) mass is 204 g/mol. The molecule has 0 heterocycles. The van der Waals surface area contributed by atoms with Crippen molar-refractivity contribution < 1.29 is 9.18 Å². The SMILES string of the molecule is O=C(C1=CCCCC1)c1ccccc1F. The Labute approximate surface area is 88.6 Å². The third-order valence-corrected chi connectivity index (χ3v) is 2.70. The summed E-state index contributed by atoms with van der Waals surface area (Å²) in [5, 5.41) is 0. The Hall–Kier alpha value is -1.44. The normalized spacial score (nSPS) is 15.9. The van der Waals surface area contributed by atoms with Crippen molar-refractivity contribution >= 4 is 5.78 Å². The van der Waals surface area contributed by atoms with Crippen molar-refractivity contribution in [1.29, 1.82) is 0 Å². The third kappa shape index (κ3) is 2.14. The van der Waals surface area contributed by atoms with Gasteiger partial charge in [-0.25, -0.2) is 4.39 Å². The molecule has 0 aliphatic heterocycles. The Bertz CT molecular complexity index is 407. The third-order valence-electron chi connectivity index (χ3n) is 2.70. The number of allylic oxidation sites excluding steroid dienone is 2. The van der Waals surface area contributed by atoms with Crippen LogP contribution in [0, 0.1) is 5.82 Å². The van der Waals surface area contributed by atoms with Gasteiger partial charge in [-0.3, -0.25) is 4.79 Å². The van der Waals surface area contributed by atoms with Gasteiger partial charge in [0.05, 0.1) is 5.56 Å². The van der Waals surface area contributed by atoms with Crippen molar-refractivity contribution in [2.75, 3.05) is 0 Å². The fourth-order valence-electron chi connectivity index (χ4n) is 1.86. The van der Waals surface area contributed by atoms with E-state index in [0.717, 1.165) is 31.3 Å². The molecular weight excluding hydrogens is 191 g/mol. The Balaban J connectivity index is 2.28. The molecule has 2 rings (SSSR count). The van der Waals surface area contributed by atoms with Gasteiger partial charge in [-0.1, -0.05) is 18.2 Å². The van der Waals surface area contributed by atoms with Crippen LogP contribution in [-0.4, -0.2) is 5.78 Å². The maximum atomic E-state index is 13.3. The number of halogens is 1. The Kier molecular flexibility index (Phi) is 2.95. The second kappa shape index (κ2) is 4.39. The molecule has 1 nitrogen and oxygen atoms in total. The first-order valence-corrected chi connectivity index (χ1v) is 5.27. The lowest BCUT2D eigenvalue weighted by molar-refractivity contribution is 0.102. The number of ketones is 1. The first kappa shape index (κ1) is 10.1. The zero-order valence-corrected chi connectivity index (χ0v) is 8.50. The molecular formula is C13H13FO. The second-order valence-corrected chi connectivity index (χ2v) is 3.78. The van der Waals surface area contributed by atoms with Crippen LogP contribution >= 0.6 is 0 Å². The lowest BCUT2D eigenvalue weighted by Crippen LogP contribution is -2.08. The van der Waals surface area contributed by atoms with Gasteiger partial charge in [0.1, 0.15) is 5.82 Å². The molecule has 0 fully saturated rings. The molecule has 0 atom stereocenters. The van der Waals surface area contributed by atoms with Gasteiger partial charge in [0.2, 0.25) is 0 Å². The van der Waals surface area contributed by atoms with Crippen LogP contribution in [0.25, 0.3) is 0 Å². The minimum absolute atomic E-state index is 0.146. The van der Waals surface area contributed by atoms with Gasteiger partial charge in [0.15, 0.2) is 5.78 Å². The van der Waals surface area contributed by atoms with Gasteiger partial charge < -0.3 is 0 Å². The van der Waals surface area contributed by atoms with Crippen LogP contribution in [0.1, 0.15) is 36.0 Å². The Morgan fingerprint density at radius 1 is 1.20 bits per heavy atom. The summed E-state index contributed by atoms with van der Waals surface area (Å²) in [5.41, 5.74) is 0.969. The average Bonchev–Trinajstić information content (AvgIpc) is 2.30. The fourth-order valence-corrected chi connectivity index (χ4v) is 1.86. The lowest BCUT2D eigenvalue weighted by atomic mass is 9.93. The molecule has 78 valence electrons. The molecule has 0 spiro atoms. The number of hydrogen-bond donors (Lipinski definition) is 0. The van der Waals surface area contributed by atoms with Crippen LogP contribution in [0.3, 0.4) is 0 Å². The molecule has 1 aliphatic carbocycles. The molecule has 2 heteroatoms. The zero-order chi connectivity index (χ0) is 10.7. The summed E-state index contributed by atoms with van der Waals surface area (Å²) in [4.78, 5) is 11.9. The lowest BCUT2D eigenvalue weighted by Gasteiger charge is -2.11. The van der Waals surface area contributed by atoms with E-state index >= 15 is 0 Å². The van der Waals surface area contributed by atoms with E-state index in [1.807, 2.05) is 6.08 Å². The van der Waals surface area contributed by atoms with E-state index < -0.39 is 5.82 Å². The quantitative estimate of drug-likeness (QED) is 0.674. The van der Waals surface area contributed by atoms with Crippen LogP contribution in [0.5, 0.6) is 0 Å². The zero-order valence-electron chi connectivity index (χ0n) is 8.50. The molecule has 1 aromatic carbocycles. The van der Waals surface area contributed by atoms with Crippen molar-refractivity contribution in [1.82, 2.24) is 0 Å². The summed E-state index contributed by atoms with van der Waals surface area (Å²) < 4.78 is 13.3. The van der Waals surface area contributed by atoms with E-state index in [2.05, 4.69) is 0 Å². The molecule has 15 heavy (non-hydrogen) atoms. The van der Waals surface area contributed by atoms with E-state index in [4.69, 9.17) is 0 Å². The number of hydrogen-bond acceptors (Lipinski definition) is 1. The molecule has 0 radical (unpaired) electrons. The van der Waals surface area contributed by atoms with Crippen LogP contribution < -0.4 is 0 Å². The Morgan fingerprint density at radius 3 is 2.67 bits per heavy atom. The predicted molar refractivity (Wildman–Crippen MR) is 57.3 cm³/mol. The summed E-state index contributed by atoms with van der Waals surface area (Å²) in [6.45, 7) is 0. The van der Waals surface area contributed by atoms with Gasteiger partial charge >= 0.3 is 0 Å². The van der Waals surface area contributed by atoms with Crippen molar-refractivity contribution in [2.24, 2.45) is 0 Å². The first-order chi connectivity index (χ1) is 7.29. The molecule has 0 amide bonds. The molecule has 0 bridgehead atoms. The molecule has 1 aliphatic rings. The van der Waals surface area contributed by atoms with Gasteiger partial charge in [-0.2, -0.15) is 0 Å². The fraction of sp³-hybridized carbons (Fsp3) is 0.308. The van der Waals surface area contributed by atoms with Crippen molar-refractivity contribution in [2.45, 2.75) is 25.7 Å². The summed E-state index contributed by atoms with van der Waals surface area (Å²) >= 11 is 0. The molecule has 0 unspecified atom stereocenters. The summed E-state index contributed by atoms with van der Waals surface area (Å²) in [5.74, 6) is -0.568. The van der Waals surface area contributed by atoms with Crippen LogP contribution in [0.2, 0.25) is 0 Å². The standard InChI is InChI=1S/C13H13FO/c14-12-9-5-4-8-11(12)13(15)10-6-2-1-3-7-10/h4-6,8-9H,1-3,7H2. The number of carbonyl (C=O) groups excluding carboxylic acids is 1. The highest BCUT2D eigenvalue weighted by molar-refractivity contribution is 6.08. The Morgan fingerprint density at radius 2 is 2.00 bits per heavy atom. The van der Waals surface area contributed by atoms with Crippen molar-refractivity contribution in [3.63, 3.8) is 0 Å². The highest BCUT2D eigenvalue weighted by Gasteiger charge is 2.16. The summed E-state index contributed by atoms with van der Waals surface area (Å²) in [6.07, 6.45) is 5.83. The van der Waals surface area contributed by atoms with Gasteiger partial charge in [0.25, 0.3) is 0 Å². The highest BCUT2D eigenvalue weighted by Crippen LogP contribution is 2.22. The topological polar surface area (TPSA) is 17.1 Å². The smallest absolute Gasteiger partial charge is 0.191 e. The second-order valence-electron chi connectivity index (χ2n) is 3.78. The van der Waals surface area contributed by atoms with Crippen molar-refractivity contribution in [3.8, 4) is 0 Å². The van der Waals surface area contributed by atoms with E-state index in [9.17, 15) is 9.18 Å². The van der Waals surface area contributed by atoms with Gasteiger partial charge in [-0.15, -0.1) is 0 Å². The number of rotatable bonds is 2. The highest BCUT2D eigenvalue weighted by atomic mass is 19.1. The van der Waals surface area contributed by atoms with Crippen LogP contribution in [0.4, 0.5) is 4.39 Å². The number of carbonyl (C=O) groups is 1. The van der Waals surface area contributed by atoms with Gasteiger partial charge in [0, 0.05) is 0 Å². The average molecular weight is 204 g/mol. The predicted octanol–water partition coefficient (Wildman–Crippen LogP) is 3.51. The summed E-state index contributed by atoms with van der Waals surface area (Å²) in [7, 11) is 0. The number of Topliss-reactive ketones (excluding diaryl/α,β-unsaturated/α-hetero) is 1. The largest absolute Gasteiger partial charge is 0.289 e. The first-order valence-electron chi connectivity index (χ1n) is 5.27. The maximum Gasteiger partial charge on any atom is 0.191 e.